The fraction of sp³-hybridized carbons (Fsp3) is 0.0370. The molecule has 0 fully saturated rings. The molecule has 57 heavy (non-hydrogen) atoms. The number of rotatable bonds is 7. The van der Waals surface area contributed by atoms with Gasteiger partial charge in [0.2, 0.25) is 0 Å². The zero-order chi connectivity index (χ0) is 38.3. The van der Waals surface area contributed by atoms with Gasteiger partial charge in [-0.3, -0.25) is 0 Å². The Morgan fingerprint density at radius 1 is 0.298 bits per heavy atom. The van der Waals surface area contributed by atoms with Crippen LogP contribution in [0.4, 0.5) is 0 Å². The lowest BCUT2D eigenvalue weighted by atomic mass is 9.93. The molecule has 1 aliphatic heterocycles. The van der Waals surface area contributed by atoms with E-state index < -0.39 is 8.07 Å². The molecule has 0 atom stereocenters. The van der Waals surface area contributed by atoms with E-state index in [4.69, 9.17) is 9.97 Å². The van der Waals surface area contributed by atoms with Crippen molar-refractivity contribution in [3.8, 4) is 89.5 Å². The van der Waals surface area contributed by atoms with E-state index in [1.165, 1.54) is 60.4 Å². The molecule has 2 nitrogen and oxygen atoms in total. The highest BCUT2D eigenvalue weighted by Gasteiger charge is 2.38. The number of hydrogen-bond acceptors (Lipinski definition) is 2. The quantitative estimate of drug-likeness (QED) is 0.152. The maximum absolute atomic E-state index is 5.16. The molecule has 2 heterocycles. The third-order valence-corrected chi connectivity index (χ3v) is 15.1. The van der Waals surface area contributed by atoms with Crippen molar-refractivity contribution in [2.75, 3.05) is 0 Å². The van der Waals surface area contributed by atoms with Crippen molar-refractivity contribution in [1.29, 1.82) is 0 Å². The van der Waals surface area contributed by atoms with Gasteiger partial charge in [0.1, 0.15) is 8.07 Å². The van der Waals surface area contributed by atoms with E-state index >= 15 is 0 Å². The van der Waals surface area contributed by atoms with Gasteiger partial charge < -0.3 is 0 Å². The van der Waals surface area contributed by atoms with Crippen LogP contribution < -0.4 is 10.4 Å². The van der Waals surface area contributed by atoms with Gasteiger partial charge in [0.05, 0.1) is 11.4 Å². The van der Waals surface area contributed by atoms with Crippen molar-refractivity contribution in [3.63, 3.8) is 0 Å². The summed E-state index contributed by atoms with van der Waals surface area (Å²) in [6, 6.07) is 74.0. The average molecular weight is 745 g/mol. The Hall–Kier alpha value is -6.94. The Kier molecular flexibility index (Phi) is 8.66. The molecular weight excluding hydrogens is 705 g/mol. The van der Waals surface area contributed by atoms with Crippen molar-refractivity contribution >= 4 is 18.4 Å². The summed E-state index contributed by atoms with van der Waals surface area (Å²) in [5, 5.41) is 3.07. The van der Waals surface area contributed by atoms with Gasteiger partial charge in [-0.1, -0.05) is 213 Å². The number of nitrogens with zero attached hydrogens (tertiary/aromatic N) is 2. The lowest BCUT2D eigenvalue weighted by molar-refractivity contribution is 1.18. The molecule has 0 N–H and O–H groups in total. The number of benzene rings is 8. The molecule has 3 heteroatoms. The van der Waals surface area contributed by atoms with Crippen LogP contribution in [-0.2, 0) is 0 Å². The highest BCUT2D eigenvalue weighted by atomic mass is 28.3. The van der Waals surface area contributed by atoms with Crippen LogP contribution in [0.3, 0.4) is 0 Å². The van der Waals surface area contributed by atoms with Crippen LogP contribution in [0.15, 0.2) is 206 Å². The minimum absolute atomic E-state index is 0.702. The van der Waals surface area contributed by atoms with Crippen molar-refractivity contribution in [3.05, 3.63) is 206 Å². The third kappa shape index (κ3) is 6.42. The first-order valence-electron chi connectivity index (χ1n) is 19.6. The zero-order valence-corrected chi connectivity index (χ0v) is 33.0. The average Bonchev–Trinajstić information content (AvgIpc) is 3.53. The SMILES string of the molecule is C[Si]1(C)c2ccccc2-c2c(-c3ccc(-c4ccc(-c5nc(-c6ccc(-c7ccccc7)cc6)cc(-c6ccc(-c7ccccc7)cc6)n5)cc4)cc3)cccc21. The fourth-order valence-corrected chi connectivity index (χ4v) is 11.5. The smallest absolute Gasteiger partial charge is 0.160 e. The van der Waals surface area contributed by atoms with Gasteiger partial charge in [-0.2, -0.15) is 0 Å². The summed E-state index contributed by atoms with van der Waals surface area (Å²) in [6.45, 7) is 4.95. The maximum Gasteiger partial charge on any atom is 0.160 e. The predicted molar refractivity (Wildman–Crippen MR) is 242 cm³/mol. The molecule has 0 amide bonds. The van der Waals surface area contributed by atoms with Crippen molar-refractivity contribution in [2.24, 2.45) is 0 Å². The first-order chi connectivity index (χ1) is 28.0. The van der Waals surface area contributed by atoms with E-state index in [9.17, 15) is 0 Å². The van der Waals surface area contributed by atoms with Gasteiger partial charge >= 0.3 is 0 Å². The maximum atomic E-state index is 5.16. The van der Waals surface area contributed by atoms with Gasteiger partial charge in [0, 0.05) is 16.7 Å². The molecule has 1 aliphatic rings. The highest BCUT2D eigenvalue weighted by Crippen LogP contribution is 2.38. The fourth-order valence-electron chi connectivity index (χ4n) is 8.45. The van der Waals surface area contributed by atoms with Gasteiger partial charge in [-0.15, -0.1) is 0 Å². The predicted octanol–water partition coefficient (Wildman–Crippen LogP) is 12.9. The van der Waals surface area contributed by atoms with Gasteiger partial charge in [0.15, 0.2) is 5.82 Å². The molecule has 0 aliphatic carbocycles. The molecule has 0 bridgehead atoms. The largest absolute Gasteiger partial charge is 0.228 e. The second kappa shape index (κ2) is 14.3. The van der Waals surface area contributed by atoms with Gasteiger partial charge in [-0.25, -0.2) is 9.97 Å². The topological polar surface area (TPSA) is 25.8 Å². The molecule has 1 aromatic heterocycles. The zero-order valence-electron chi connectivity index (χ0n) is 32.0. The van der Waals surface area contributed by atoms with Crippen LogP contribution in [0.5, 0.6) is 0 Å². The molecule has 10 rings (SSSR count). The molecule has 0 saturated heterocycles. The summed E-state index contributed by atoms with van der Waals surface area (Å²) in [4.78, 5) is 10.3. The first kappa shape index (κ1) is 34.5. The molecular formula is C54H40N2Si. The molecule has 0 saturated carbocycles. The molecule has 8 aromatic carbocycles. The van der Waals surface area contributed by atoms with E-state index in [0.717, 1.165) is 33.6 Å². The Labute approximate surface area is 335 Å². The second-order valence-electron chi connectivity index (χ2n) is 15.4. The molecule has 0 spiro atoms. The number of aromatic nitrogens is 2. The summed E-state index contributed by atoms with van der Waals surface area (Å²) in [6.07, 6.45) is 0. The van der Waals surface area contributed by atoms with Gasteiger partial charge in [-0.05, 0) is 72.1 Å². The minimum Gasteiger partial charge on any atom is -0.228 e. The van der Waals surface area contributed by atoms with E-state index in [-0.39, 0.29) is 0 Å². The van der Waals surface area contributed by atoms with E-state index in [1.54, 1.807) is 0 Å². The van der Waals surface area contributed by atoms with Crippen molar-refractivity contribution in [2.45, 2.75) is 13.1 Å². The molecule has 0 unspecified atom stereocenters. The van der Waals surface area contributed by atoms with E-state index in [2.05, 4.69) is 207 Å². The second-order valence-corrected chi connectivity index (χ2v) is 19.7. The van der Waals surface area contributed by atoms with Crippen LogP contribution in [0.25, 0.3) is 89.5 Å². The molecule has 270 valence electrons. The van der Waals surface area contributed by atoms with Crippen LogP contribution in [0, 0.1) is 0 Å². The first-order valence-corrected chi connectivity index (χ1v) is 22.6. The minimum atomic E-state index is -1.73. The normalized spacial score (nSPS) is 12.5. The lowest BCUT2D eigenvalue weighted by Crippen LogP contribution is -2.49. The number of fused-ring (bicyclic) bond motifs is 3. The number of hydrogen-bond donors (Lipinski definition) is 0. The molecule has 9 aromatic rings. The Bertz CT molecular complexity index is 2760. The van der Waals surface area contributed by atoms with Gasteiger partial charge in [0.25, 0.3) is 0 Å². The van der Waals surface area contributed by atoms with Crippen LogP contribution in [0.2, 0.25) is 13.1 Å². The summed E-state index contributed by atoms with van der Waals surface area (Å²) in [5.74, 6) is 0.702. The summed E-state index contributed by atoms with van der Waals surface area (Å²) >= 11 is 0. The summed E-state index contributed by atoms with van der Waals surface area (Å²) < 4.78 is 0. The van der Waals surface area contributed by atoms with E-state index in [0.29, 0.717) is 5.82 Å². The lowest BCUT2D eigenvalue weighted by Gasteiger charge is -2.19. The standard InChI is InChI=1S/C54H40N2Si/c1-57(2)51-18-10-9-16-48(51)53-47(17-11-19-52(53)57)43-28-20-41(21-29-43)42-26-34-46(35-27-42)54-55-49(44-30-22-39(23-31-44)37-12-5-3-6-13-37)36-50(56-54)45-32-24-40(25-33-45)38-14-7-4-8-15-38/h3-36H,1-2H3. The molecule has 0 radical (unpaired) electrons. The monoisotopic (exact) mass is 744 g/mol. The Morgan fingerprint density at radius 2 is 0.667 bits per heavy atom. The summed E-state index contributed by atoms with van der Waals surface area (Å²) in [7, 11) is -1.73. The summed E-state index contributed by atoms with van der Waals surface area (Å²) in [5.41, 5.74) is 17.3. The van der Waals surface area contributed by atoms with E-state index in [1.807, 2.05) is 12.1 Å². The van der Waals surface area contributed by atoms with Crippen LogP contribution in [0.1, 0.15) is 0 Å². The Morgan fingerprint density at radius 3 is 1.18 bits per heavy atom. The highest BCUT2D eigenvalue weighted by molar-refractivity contribution is 7.04. The third-order valence-electron chi connectivity index (χ3n) is 11.6. The Balaban J connectivity index is 0.978. The van der Waals surface area contributed by atoms with Crippen LogP contribution >= 0.6 is 0 Å². The van der Waals surface area contributed by atoms with Crippen LogP contribution in [-0.4, -0.2) is 18.0 Å². The van der Waals surface area contributed by atoms with Crippen molar-refractivity contribution < 1.29 is 0 Å². The van der Waals surface area contributed by atoms with Crippen molar-refractivity contribution in [1.82, 2.24) is 9.97 Å².